The van der Waals surface area contributed by atoms with Crippen molar-refractivity contribution in [2.45, 2.75) is 52.4 Å². The Morgan fingerprint density at radius 1 is 1.33 bits per heavy atom. The van der Waals surface area contributed by atoms with Crippen molar-refractivity contribution in [2.24, 2.45) is 11.3 Å². The first-order chi connectivity index (χ1) is 7.17. The molecule has 1 fully saturated rings. The smallest absolute Gasteiger partial charge is 0.0622 e. The van der Waals surface area contributed by atoms with Crippen molar-refractivity contribution in [2.75, 3.05) is 13.1 Å². The molecule has 0 aliphatic heterocycles. The van der Waals surface area contributed by atoms with Gasteiger partial charge in [0.25, 0.3) is 0 Å². The van der Waals surface area contributed by atoms with Crippen LogP contribution in [0.25, 0.3) is 0 Å². The molecule has 0 aromatic carbocycles. The van der Waals surface area contributed by atoms with Gasteiger partial charge in [-0.3, -0.25) is 0 Å². The molecular weight excluding hydrogens is 184 g/mol. The van der Waals surface area contributed by atoms with Crippen LogP contribution in [0.1, 0.15) is 52.4 Å². The molecule has 1 aliphatic carbocycles. The van der Waals surface area contributed by atoms with Gasteiger partial charge < -0.3 is 5.32 Å². The lowest BCUT2D eigenvalue weighted by atomic mass is 9.78. The first-order valence-electron chi connectivity index (χ1n) is 6.24. The van der Waals surface area contributed by atoms with E-state index in [9.17, 15) is 0 Å². The molecule has 0 bridgehead atoms. The zero-order valence-electron chi connectivity index (χ0n) is 10.2. The Bertz CT molecular complexity index is 209. The third-order valence-corrected chi connectivity index (χ3v) is 3.68. The molecule has 1 N–H and O–H groups in total. The van der Waals surface area contributed by atoms with Gasteiger partial charge in [0.15, 0.2) is 0 Å². The van der Waals surface area contributed by atoms with Crippen LogP contribution in [0, 0.1) is 22.7 Å². The van der Waals surface area contributed by atoms with Crippen LogP contribution in [0.4, 0.5) is 0 Å². The Labute approximate surface area is 94.1 Å². The van der Waals surface area contributed by atoms with Gasteiger partial charge in [-0.1, -0.05) is 26.7 Å². The van der Waals surface area contributed by atoms with Crippen LogP contribution < -0.4 is 5.32 Å². The Kier molecular flexibility index (Phi) is 5.11. The molecule has 15 heavy (non-hydrogen) atoms. The molecule has 1 rings (SSSR count). The summed E-state index contributed by atoms with van der Waals surface area (Å²) in [6.45, 7) is 6.84. The first kappa shape index (κ1) is 12.5. The monoisotopic (exact) mass is 208 g/mol. The highest BCUT2D eigenvalue weighted by molar-refractivity contribution is 4.84. The topological polar surface area (TPSA) is 35.8 Å². The zero-order chi connectivity index (χ0) is 11.1. The highest BCUT2D eigenvalue weighted by Gasteiger charge is 2.30. The van der Waals surface area contributed by atoms with Gasteiger partial charge in [0.1, 0.15) is 0 Å². The summed E-state index contributed by atoms with van der Waals surface area (Å²) in [5.41, 5.74) is 0.434. The highest BCUT2D eigenvalue weighted by atomic mass is 14.9. The normalized spacial score (nSPS) is 17.9. The third kappa shape index (κ3) is 4.22. The summed E-state index contributed by atoms with van der Waals surface area (Å²) in [7, 11) is 0. The van der Waals surface area contributed by atoms with Gasteiger partial charge in [-0.15, -0.1) is 0 Å². The first-order valence-corrected chi connectivity index (χ1v) is 6.24. The fourth-order valence-corrected chi connectivity index (χ4v) is 2.55. The predicted molar refractivity (Wildman–Crippen MR) is 63.5 cm³/mol. The number of rotatable bonds is 6. The van der Waals surface area contributed by atoms with E-state index >= 15 is 0 Å². The molecule has 86 valence electrons. The van der Waals surface area contributed by atoms with Crippen molar-refractivity contribution in [3.8, 4) is 6.07 Å². The number of nitrogens with one attached hydrogen (secondary N) is 1. The summed E-state index contributed by atoms with van der Waals surface area (Å²) in [6.07, 6.45) is 7.32. The summed E-state index contributed by atoms with van der Waals surface area (Å²) in [4.78, 5) is 0. The minimum absolute atomic E-state index is 0.434. The number of unbranched alkanes of at least 4 members (excludes halogenated alkanes) is 1. The van der Waals surface area contributed by atoms with Crippen LogP contribution in [-0.4, -0.2) is 13.1 Å². The second-order valence-corrected chi connectivity index (χ2v) is 5.41. The van der Waals surface area contributed by atoms with Gasteiger partial charge in [0.2, 0.25) is 0 Å². The van der Waals surface area contributed by atoms with Gasteiger partial charge in [-0.25, -0.2) is 0 Å². The third-order valence-electron chi connectivity index (χ3n) is 3.68. The number of hydrogen-bond acceptors (Lipinski definition) is 2. The minimum Gasteiger partial charge on any atom is -0.316 e. The number of nitrogens with zero attached hydrogens (tertiary/aromatic N) is 1. The van der Waals surface area contributed by atoms with E-state index in [1.807, 2.05) is 0 Å². The van der Waals surface area contributed by atoms with Crippen LogP contribution in [0.3, 0.4) is 0 Å². The molecule has 1 aliphatic rings. The van der Waals surface area contributed by atoms with Crippen molar-refractivity contribution in [3.05, 3.63) is 0 Å². The van der Waals surface area contributed by atoms with E-state index in [0.29, 0.717) is 11.8 Å². The summed E-state index contributed by atoms with van der Waals surface area (Å²) < 4.78 is 0. The van der Waals surface area contributed by atoms with Crippen LogP contribution >= 0.6 is 0 Å². The fraction of sp³-hybridized carbons (Fsp3) is 0.923. The maximum absolute atomic E-state index is 8.42. The van der Waals surface area contributed by atoms with Crippen LogP contribution in [0.5, 0.6) is 0 Å². The molecule has 0 aromatic rings. The minimum atomic E-state index is 0.434. The van der Waals surface area contributed by atoms with Crippen molar-refractivity contribution < 1.29 is 0 Å². The van der Waals surface area contributed by atoms with Crippen molar-refractivity contribution in [1.29, 1.82) is 5.26 Å². The quantitative estimate of drug-likeness (QED) is 0.681. The van der Waals surface area contributed by atoms with Gasteiger partial charge in [0.05, 0.1) is 6.07 Å². The molecule has 2 nitrogen and oxygen atoms in total. The summed E-state index contributed by atoms with van der Waals surface area (Å²) >= 11 is 0. The van der Waals surface area contributed by atoms with Gasteiger partial charge in [-0.05, 0) is 37.1 Å². The molecule has 0 atom stereocenters. The number of hydrogen-bond donors (Lipinski definition) is 1. The predicted octanol–water partition coefficient (Wildman–Crippen LogP) is 3.10. The average molecular weight is 208 g/mol. The van der Waals surface area contributed by atoms with E-state index in [1.54, 1.807) is 0 Å². The second kappa shape index (κ2) is 6.12. The lowest BCUT2D eigenvalue weighted by Crippen LogP contribution is -2.35. The maximum Gasteiger partial charge on any atom is 0.0622 e. The van der Waals surface area contributed by atoms with Crippen molar-refractivity contribution >= 4 is 0 Å². The maximum atomic E-state index is 8.42. The molecular formula is C13H24N2. The van der Waals surface area contributed by atoms with E-state index in [0.717, 1.165) is 25.4 Å². The standard InChI is InChI=1S/C13H24N2/c1-13(2,12-7-3-4-8-12)11-15-10-6-5-9-14/h12,15H,3-8,10-11H2,1-2H3. The van der Waals surface area contributed by atoms with E-state index < -0.39 is 0 Å². The van der Waals surface area contributed by atoms with Crippen molar-refractivity contribution in [3.63, 3.8) is 0 Å². The number of nitriles is 1. The SMILES string of the molecule is CC(C)(CNCCCC#N)C1CCCC1. The van der Waals surface area contributed by atoms with Gasteiger partial charge in [0, 0.05) is 13.0 Å². The Morgan fingerprint density at radius 2 is 2.00 bits per heavy atom. The zero-order valence-corrected chi connectivity index (χ0v) is 10.2. The fourth-order valence-electron chi connectivity index (χ4n) is 2.55. The van der Waals surface area contributed by atoms with E-state index in [-0.39, 0.29) is 0 Å². The molecule has 0 saturated heterocycles. The average Bonchev–Trinajstić information content (AvgIpc) is 2.70. The molecule has 0 radical (unpaired) electrons. The van der Waals surface area contributed by atoms with Gasteiger partial charge in [-0.2, -0.15) is 5.26 Å². The molecule has 0 unspecified atom stereocenters. The lowest BCUT2D eigenvalue weighted by molar-refractivity contribution is 0.208. The second-order valence-electron chi connectivity index (χ2n) is 5.41. The van der Waals surface area contributed by atoms with E-state index in [1.165, 1.54) is 25.7 Å². The Hall–Kier alpha value is -0.550. The summed E-state index contributed by atoms with van der Waals surface area (Å²) in [5.74, 6) is 0.904. The highest BCUT2D eigenvalue weighted by Crippen LogP contribution is 2.38. The van der Waals surface area contributed by atoms with E-state index in [4.69, 9.17) is 5.26 Å². The molecule has 0 amide bonds. The molecule has 1 saturated carbocycles. The van der Waals surface area contributed by atoms with Crippen LogP contribution in [0.15, 0.2) is 0 Å². The lowest BCUT2D eigenvalue weighted by Gasteiger charge is -2.32. The molecule has 0 heterocycles. The Morgan fingerprint density at radius 3 is 2.60 bits per heavy atom. The largest absolute Gasteiger partial charge is 0.316 e. The Balaban J connectivity index is 2.15. The van der Waals surface area contributed by atoms with Crippen LogP contribution in [0.2, 0.25) is 0 Å². The summed E-state index contributed by atoms with van der Waals surface area (Å²) in [5, 5.41) is 11.9. The molecule has 2 heteroatoms. The molecule has 0 aromatic heterocycles. The molecule has 0 spiro atoms. The van der Waals surface area contributed by atoms with Gasteiger partial charge >= 0.3 is 0 Å². The summed E-state index contributed by atoms with van der Waals surface area (Å²) in [6, 6.07) is 2.18. The van der Waals surface area contributed by atoms with Crippen LogP contribution in [-0.2, 0) is 0 Å². The van der Waals surface area contributed by atoms with E-state index in [2.05, 4.69) is 25.2 Å². The van der Waals surface area contributed by atoms with Crippen molar-refractivity contribution in [1.82, 2.24) is 5.32 Å².